The number of phosphoric ester groups is 1. The summed E-state index contributed by atoms with van der Waals surface area (Å²) >= 11 is 0. The summed E-state index contributed by atoms with van der Waals surface area (Å²) in [4.78, 5) is 34.9. The number of ether oxygens (including phenoxy) is 2. The molecule has 0 rings (SSSR count). The molecular weight excluding hydrogens is 719 g/mol. The van der Waals surface area contributed by atoms with E-state index in [4.69, 9.17) is 19.1 Å². The number of rotatable bonds is 39. The standard InChI is InChI=1S/C44H77O10P/c1-3-5-7-9-11-13-15-16-17-18-19-20-21-22-23-24-26-27-29-31-33-35-43(47)51-39-42(40-53-55(49,50)52-38-41(46)37-45)54-44(48)36-34-32-30-28-25-14-12-10-8-6-4-2/h10,12,17-18,20-21,23-24,27,29,41-42,45-46H,3-9,11,13-16,19,22,25-26,28,30-40H2,1-2H3,(H,49,50)/b12-10+,18-17+,21-20+,24-23+,29-27+/t41-,42+/m1/s1. The molecule has 0 radical (unpaired) electrons. The summed E-state index contributed by atoms with van der Waals surface area (Å²) < 4.78 is 32.6. The minimum atomic E-state index is -4.63. The molecule has 318 valence electrons. The number of aliphatic hydroxyl groups excluding tert-OH is 2. The number of esters is 2. The van der Waals surface area contributed by atoms with Gasteiger partial charge in [-0.05, 0) is 70.6 Å². The van der Waals surface area contributed by atoms with Crippen molar-refractivity contribution in [2.45, 2.75) is 180 Å². The highest BCUT2D eigenvalue weighted by atomic mass is 31.2. The van der Waals surface area contributed by atoms with Crippen LogP contribution in [0.1, 0.15) is 168 Å². The summed E-state index contributed by atoms with van der Waals surface area (Å²) in [6.07, 6.45) is 43.5. The highest BCUT2D eigenvalue weighted by molar-refractivity contribution is 7.47. The Kier molecular flexibility index (Phi) is 38.2. The number of carbonyl (C=O) groups is 2. The van der Waals surface area contributed by atoms with Crippen LogP contribution in [0.3, 0.4) is 0 Å². The first kappa shape index (κ1) is 52.7. The zero-order chi connectivity index (χ0) is 40.5. The van der Waals surface area contributed by atoms with Crippen molar-refractivity contribution < 1.29 is 47.8 Å². The maximum Gasteiger partial charge on any atom is 0.472 e. The summed E-state index contributed by atoms with van der Waals surface area (Å²) in [6.45, 7) is 2.25. The maximum atomic E-state index is 12.5. The van der Waals surface area contributed by atoms with Gasteiger partial charge in [-0.2, -0.15) is 0 Å². The molecule has 0 saturated carbocycles. The lowest BCUT2D eigenvalue weighted by molar-refractivity contribution is -0.161. The van der Waals surface area contributed by atoms with Crippen LogP contribution in [0, 0.1) is 0 Å². The molecule has 0 amide bonds. The molecule has 0 aromatic rings. The highest BCUT2D eigenvalue weighted by Gasteiger charge is 2.27. The first-order chi connectivity index (χ1) is 26.7. The smallest absolute Gasteiger partial charge is 0.462 e. The topological polar surface area (TPSA) is 149 Å². The quantitative estimate of drug-likeness (QED) is 0.0237. The van der Waals surface area contributed by atoms with Crippen molar-refractivity contribution in [1.29, 1.82) is 0 Å². The van der Waals surface area contributed by atoms with E-state index < -0.39 is 51.8 Å². The number of hydrogen-bond acceptors (Lipinski definition) is 9. The molecule has 0 fully saturated rings. The third-order valence-electron chi connectivity index (χ3n) is 8.64. The molecule has 0 aliphatic heterocycles. The second kappa shape index (κ2) is 39.9. The Morgan fingerprint density at radius 1 is 0.545 bits per heavy atom. The Labute approximate surface area is 334 Å². The predicted octanol–water partition coefficient (Wildman–Crippen LogP) is 11.1. The molecule has 3 N–H and O–H groups in total. The lowest BCUT2D eigenvalue weighted by Gasteiger charge is -2.20. The third kappa shape index (κ3) is 39.7. The Morgan fingerprint density at radius 2 is 0.982 bits per heavy atom. The van der Waals surface area contributed by atoms with Crippen molar-refractivity contribution in [3.05, 3.63) is 60.8 Å². The van der Waals surface area contributed by atoms with Crippen molar-refractivity contribution in [2.75, 3.05) is 26.4 Å². The van der Waals surface area contributed by atoms with Crippen molar-refractivity contribution in [3.8, 4) is 0 Å². The molecule has 0 aromatic carbocycles. The number of carbonyl (C=O) groups excluding carboxylic acids is 2. The fraction of sp³-hybridized carbons (Fsp3) is 0.727. The molecular formula is C44H77O10P. The zero-order valence-corrected chi connectivity index (χ0v) is 35.3. The first-order valence-electron chi connectivity index (χ1n) is 21.2. The van der Waals surface area contributed by atoms with Gasteiger partial charge in [-0.25, -0.2) is 4.57 Å². The van der Waals surface area contributed by atoms with Gasteiger partial charge in [0.25, 0.3) is 0 Å². The molecule has 1 unspecified atom stereocenters. The second-order valence-corrected chi connectivity index (χ2v) is 15.5. The van der Waals surface area contributed by atoms with Crippen LogP contribution >= 0.6 is 7.82 Å². The van der Waals surface area contributed by atoms with Crippen LogP contribution in [0.25, 0.3) is 0 Å². The van der Waals surface area contributed by atoms with Gasteiger partial charge in [-0.15, -0.1) is 0 Å². The van der Waals surface area contributed by atoms with Gasteiger partial charge in [0.2, 0.25) is 0 Å². The van der Waals surface area contributed by atoms with Crippen molar-refractivity contribution in [3.63, 3.8) is 0 Å². The Balaban J connectivity index is 4.37. The first-order valence-corrected chi connectivity index (χ1v) is 22.7. The maximum absolute atomic E-state index is 12.5. The monoisotopic (exact) mass is 797 g/mol. The Bertz CT molecular complexity index is 1100. The minimum Gasteiger partial charge on any atom is -0.462 e. The van der Waals surface area contributed by atoms with E-state index in [-0.39, 0.29) is 19.4 Å². The summed E-state index contributed by atoms with van der Waals surface area (Å²) in [5.41, 5.74) is 0. The number of unbranched alkanes of at least 4 members (excludes halogenated alkanes) is 15. The molecule has 0 aliphatic carbocycles. The van der Waals surface area contributed by atoms with Crippen LogP contribution in [0.5, 0.6) is 0 Å². The molecule has 0 heterocycles. The zero-order valence-electron chi connectivity index (χ0n) is 34.4. The molecule has 55 heavy (non-hydrogen) atoms. The van der Waals surface area contributed by atoms with Crippen molar-refractivity contribution >= 4 is 19.8 Å². The second-order valence-electron chi connectivity index (χ2n) is 14.0. The number of phosphoric acid groups is 1. The molecule has 11 heteroatoms. The fourth-order valence-corrected chi connectivity index (χ4v) is 6.11. The van der Waals surface area contributed by atoms with Gasteiger partial charge in [0.1, 0.15) is 12.7 Å². The summed E-state index contributed by atoms with van der Waals surface area (Å²) in [5.74, 6) is -1.01. The summed E-state index contributed by atoms with van der Waals surface area (Å²) in [5, 5.41) is 18.3. The van der Waals surface area contributed by atoms with Crippen LogP contribution in [0.15, 0.2) is 60.8 Å². The van der Waals surface area contributed by atoms with Gasteiger partial charge in [-0.3, -0.25) is 18.6 Å². The summed E-state index contributed by atoms with van der Waals surface area (Å²) in [6, 6.07) is 0. The van der Waals surface area contributed by atoms with E-state index in [0.717, 1.165) is 57.8 Å². The predicted molar refractivity (Wildman–Crippen MR) is 224 cm³/mol. The molecule has 0 spiro atoms. The highest BCUT2D eigenvalue weighted by Crippen LogP contribution is 2.43. The third-order valence-corrected chi connectivity index (χ3v) is 9.60. The van der Waals surface area contributed by atoms with E-state index in [1.165, 1.54) is 64.2 Å². The molecule has 3 atom stereocenters. The van der Waals surface area contributed by atoms with Gasteiger partial charge in [0, 0.05) is 12.8 Å². The van der Waals surface area contributed by atoms with E-state index >= 15 is 0 Å². The van der Waals surface area contributed by atoms with Gasteiger partial charge >= 0.3 is 19.8 Å². The van der Waals surface area contributed by atoms with Gasteiger partial charge in [0.05, 0.1) is 19.8 Å². The molecule has 0 aliphatic rings. The van der Waals surface area contributed by atoms with E-state index in [1.807, 2.05) is 6.08 Å². The van der Waals surface area contributed by atoms with E-state index in [9.17, 15) is 24.2 Å². The van der Waals surface area contributed by atoms with Gasteiger partial charge in [0.15, 0.2) is 6.10 Å². The molecule has 0 aromatic heterocycles. The van der Waals surface area contributed by atoms with Crippen LogP contribution in [0.2, 0.25) is 0 Å². The van der Waals surface area contributed by atoms with Crippen molar-refractivity contribution in [1.82, 2.24) is 0 Å². The van der Waals surface area contributed by atoms with Gasteiger partial charge < -0.3 is 24.6 Å². The fourth-order valence-electron chi connectivity index (χ4n) is 5.32. The normalized spacial score (nSPS) is 14.5. The number of allylic oxidation sites excluding steroid dienone is 10. The lowest BCUT2D eigenvalue weighted by atomic mass is 10.1. The lowest BCUT2D eigenvalue weighted by Crippen LogP contribution is -2.29. The SMILES string of the molecule is CCCC/C=C/CCCCCCCC(=O)O[C@@H](COC(=O)CCC/C=C/C/C=C/C/C=C/C/C=C/CCCCCCCCC)COP(=O)(O)OC[C@H](O)CO. The Morgan fingerprint density at radius 3 is 1.55 bits per heavy atom. The summed E-state index contributed by atoms with van der Waals surface area (Å²) in [7, 11) is -4.63. The number of aliphatic hydroxyl groups is 2. The van der Waals surface area contributed by atoms with Crippen LogP contribution in [0.4, 0.5) is 0 Å². The van der Waals surface area contributed by atoms with Crippen LogP contribution in [-0.4, -0.2) is 65.7 Å². The average Bonchev–Trinajstić information content (AvgIpc) is 3.17. The van der Waals surface area contributed by atoms with Crippen LogP contribution < -0.4 is 0 Å². The number of hydrogen-bond donors (Lipinski definition) is 3. The molecule has 0 bridgehead atoms. The largest absolute Gasteiger partial charge is 0.472 e. The molecule has 10 nitrogen and oxygen atoms in total. The van der Waals surface area contributed by atoms with E-state index in [0.29, 0.717) is 19.3 Å². The Hall–Kier alpha value is -2.33. The van der Waals surface area contributed by atoms with Crippen molar-refractivity contribution in [2.24, 2.45) is 0 Å². The average molecular weight is 797 g/mol. The van der Waals surface area contributed by atoms with E-state index in [2.05, 4.69) is 73.1 Å². The molecule has 0 saturated heterocycles. The van der Waals surface area contributed by atoms with Crippen LogP contribution in [-0.2, 0) is 32.7 Å². The van der Waals surface area contributed by atoms with Gasteiger partial charge in [-0.1, -0.05) is 145 Å². The minimum absolute atomic E-state index is 0.159. The van der Waals surface area contributed by atoms with E-state index in [1.54, 1.807) is 0 Å².